The van der Waals surface area contributed by atoms with E-state index in [0.717, 1.165) is 4.90 Å². The van der Waals surface area contributed by atoms with E-state index in [9.17, 15) is 4.79 Å². The number of ether oxygens (including phenoxy) is 1. The first kappa shape index (κ1) is 17.3. The van der Waals surface area contributed by atoms with E-state index in [1.54, 1.807) is 23.9 Å². The molecule has 0 unspecified atom stereocenters. The van der Waals surface area contributed by atoms with E-state index in [2.05, 4.69) is 42.2 Å². The summed E-state index contributed by atoms with van der Waals surface area (Å²) in [5, 5.41) is 7.68. The molecule has 130 valence electrons. The summed E-state index contributed by atoms with van der Waals surface area (Å²) >= 11 is 1.63. The molecule has 0 bridgehead atoms. The van der Waals surface area contributed by atoms with Gasteiger partial charge in [0.05, 0.1) is 12.7 Å². The minimum atomic E-state index is -0.297. The van der Waals surface area contributed by atoms with E-state index in [4.69, 9.17) is 13.6 Å². The Labute approximate surface area is 149 Å². The van der Waals surface area contributed by atoms with Gasteiger partial charge in [0.25, 0.3) is 11.8 Å². The smallest absolute Gasteiger partial charge is 0.307 e. The number of nitrogens with zero attached hydrogens (tertiary/aromatic N) is 2. The molecule has 0 aliphatic rings. The average molecular weight is 358 g/mol. The van der Waals surface area contributed by atoms with Gasteiger partial charge < -0.3 is 13.6 Å². The van der Waals surface area contributed by atoms with E-state index in [0.29, 0.717) is 17.9 Å². The van der Waals surface area contributed by atoms with E-state index >= 15 is 0 Å². The second kappa shape index (κ2) is 8.02. The van der Waals surface area contributed by atoms with Crippen molar-refractivity contribution in [3.8, 4) is 11.7 Å². The Kier molecular flexibility index (Phi) is 5.55. The second-order valence-corrected chi connectivity index (χ2v) is 6.65. The Bertz CT molecular complexity index is 843. The summed E-state index contributed by atoms with van der Waals surface area (Å²) in [4.78, 5) is 13.0. The van der Waals surface area contributed by atoms with Crippen LogP contribution in [0.1, 0.15) is 23.4 Å². The van der Waals surface area contributed by atoms with Crippen LogP contribution in [0.25, 0.3) is 11.7 Å². The minimum absolute atomic E-state index is 0.0408. The Morgan fingerprint density at radius 2 is 2.08 bits per heavy atom. The summed E-state index contributed by atoms with van der Waals surface area (Å²) in [6.07, 6.45) is 1.84. The lowest BCUT2D eigenvalue weighted by Gasteiger charge is -2.05. The molecule has 0 saturated carbocycles. The molecule has 0 fully saturated rings. The van der Waals surface area contributed by atoms with Gasteiger partial charge in [0, 0.05) is 10.6 Å². The fourth-order valence-electron chi connectivity index (χ4n) is 2.08. The molecule has 0 aliphatic heterocycles. The number of hydrogen-bond donors (Lipinski definition) is 0. The topological polar surface area (TPSA) is 78.4 Å². The number of hydrogen-bond acceptors (Lipinski definition) is 7. The lowest BCUT2D eigenvalue weighted by atomic mass is 10.1. The zero-order valence-electron chi connectivity index (χ0n) is 14.0. The number of carbonyl (C=O) groups is 1. The molecular formula is C18H18N2O4S. The maximum atomic E-state index is 11.8. The molecule has 3 rings (SSSR count). The van der Waals surface area contributed by atoms with Crippen LogP contribution in [-0.4, -0.2) is 21.9 Å². The summed E-state index contributed by atoms with van der Waals surface area (Å²) in [5.41, 5.74) is 2.51. The van der Waals surface area contributed by atoms with Gasteiger partial charge in [-0.1, -0.05) is 6.07 Å². The molecule has 2 aromatic heterocycles. The molecule has 0 aliphatic carbocycles. The fourth-order valence-corrected chi connectivity index (χ4v) is 3.01. The average Bonchev–Trinajstić information content (AvgIpc) is 3.27. The molecule has 6 nitrogen and oxygen atoms in total. The van der Waals surface area contributed by atoms with Crippen LogP contribution < -0.4 is 0 Å². The molecule has 1 aromatic carbocycles. The van der Waals surface area contributed by atoms with Gasteiger partial charge in [-0.25, -0.2) is 0 Å². The monoisotopic (exact) mass is 358 g/mol. The lowest BCUT2D eigenvalue weighted by molar-refractivity contribution is -0.145. The number of carbonyl (C=O) groups excluding carboxylic acids is 1. The lowest BCUT2D eigenvalue weighted by Crippen LogP contribution is -2.05. The van der Waals surface area contributed by atoms with Crippen molar-refractivity contribution in [2.75, 3.05) is 5.75 Å². The first-order valence-corrected chi connectivity index (χ1v) is 8.82. The SMILES string of the molecule is Cc1ccc(SCCC(=O)OCc2nnc(-c3ccco3)o2)cc1C. The van der Waals surface area contributed by atoms with Gasteiger partial charge in [0.2, 0.25) is 0 Å². The Morgan fingerprint density at radius 3 is 2.84 bits per heavy atom. The van der Waals surface area contributed by atoms with E-state index in [-0.39, 0.29) is 24.4 Å². The highest BCUT2D eigenvalue weighted by atomic mass is 32.2. The molecular weight excluding hydrogens is 340 g/mol. The highest BCUT2D eigenvalue weighted by molar-refractivity contribution is 7.99. The zero-order chi connectivity index (χ0) is 17.6. The summed E-state index contributed by atoms with van der Waals surface area (Å²) in [5.74, 6) is 1.34. The van der Waals surface area contributed by atoms with Crippen molar-refractivity contribution in [3.63, 3.8) is 0 Å². The molecule has 2 heterocycles. The van der Waals surface area contributed by atoms with E-state index in [1.807, 2.05) is 0 Å². The first-order valence-electron chi connectivity index (χ1n) is 7.84. The highest BCUT2D eigenvalue weighted by Crippen LogP contribution is 2.22. The van der Waals surface area contributed by atoms with Crippen molar-refractivity contribution < 1.29 is 18.4 Å². The van der Waals surface area contributed by atoms with Crippen molar-refractivity contribution in [3.05, 3.63) is 53.6 Å². The van der Waals surface area contributed by atoms with Crippen molar-refractivity contribution in [2.45, 2.75) is 31.8 Å². The standard InChI is InChI=1S/C18H18N2O4S/c1-12-5-6-14(10-13(12)2)25-9-7-17(21)23-11-16-19-20-18(24-16)15-4-3-8-22-15/h3-6,8,10H,7,9,11H2,1-2H3. The van der Waals surface area contributed by atoms with Crippen molar-refractivity contribution >= 4 is 17.7 Å². The predicted molar refractivity (Wildman–Crippen MR) is 93.1 cm³/mol. The Balaban J connectivity index is 1.41. The number of benzene rings is 1. The van der Waals surface area contributed by atoms with Crippen LogP contribution >= 0.6 is 11.8 Å². The molecule has 0 amide bonds. The summed E-state index contributed by atoms with van der Waals surface area (Å²) in [6.45, 7) is 4.12. The molecule has 0 saturated heterocycles. The van der Waals surface area contributed by atoms with Crippen LogP contribution in [-0.2, 0) is 16.1 Å². The normalized spacial score (nSPS) is 10.8. The first-order chi connectivity index (χ1) is 12.1. The maximum Gasteiger partial charge on any atom is 0.307 e. The molecule has 3 aromatic rings. The molecule has 0 atom stereocenters. The van der Waals surface area contributed by atoms with E-state index < -0.39 is 0 Å². The number of esters is 1. The predicted octanol–water partition coefficient (Wildman–Crippen LogP) is 4.17. The number of aryl methyl sites for hydroxylation is 2. The van der Waals surface area contributed by atoms with Crippen LogP contribution in [0.2, 0.25) is 0 Å². The molecule has 0 spiro atoms. The number of aromatic nitrogens is 2. The van der Waals surface area contributed by atoms with Crippen molar-refractivity contribution in [1.29, 1.82) is 0 Å². The Hall–Kier alpha value is -2.54. The third-order valence-electron chi connectivity index (χ3n) is 3.61. The van der Waals surface area contributed by atoms with Gasteiger partial charge >= 0.3 is 5.97 Å². The number of thioether (sulfide) groups is 1. The van der Waals surface area contributed by atoms with Crippen LogP contribution in [0.5, 0.6) is 0 Å². The van der Waals surface area contributed by atoms with Crippen LogP contribution in [0.15, 0.2) is 50.3 Å². The second-order valence-electron chi connectivity index (χ2n) is 5.48. The number of furan rings is 1. The largest absolute Gasteiger partial charge is 0.459 e. The van der Waals surface area contributed by atoms with Gasteiger partial charge in [0.15, 0.2) is 12.4 Å². The molecule has 0 N–H and O–H groups in total. The van der Waals surface area contributed by atoms with Gasteiger partial charge in [-0.2, -0.15) is 0 Å². The quantitative estimate of drug-likeness (QED) is 0.463. The zero-order valence-corrected chi connectivity index (χ0v) is 14.8. The molecule has 0 radical (unpaired) electrons. The van der Waals surface area contributed by atoms with Gasteiger partial charge in [-0.15, -0.1) is 22.0 Å². The summed E-state index contributed by atoms with van der Waals surface area (Å²) < 4.78 is 15.7. The van der Waals surface area contributed by atoms with Gasteiger partial charge in [-0.05, 0) is 49.2 Å². The van der Waals surface area contributed by atoms with E-state index in [1.165, 1.54) is 17.4 Å². The van der Waals surface area contributed by atoms with Crippen molar-refractivity contribution in [1.82, 2.24) is 10.2 Å². The Morgan fingerprint density at radius 1 is 1.20 bits per heavy atom. The molecule has 7 heteroatoms. The van der Waals surface area contributed by atoms with Crippen LogP contribution in [0.4, 0.5) is 0 Å². The highest BCUT2D eigenvalue weighted by Gasteiger charge is 2.12. The fraction of sp³-hybridized carbons (Fsp3) is 0.278. The van der Waals surface area contributed by atoms with Gasteiger partial charge in [0.1, 0.15) is 0 Å². The molecule has 25 heavy (non-hydrogen) atoms. The third-order valence-corrected chi connectivity index (χ3v) is 4.60. The number of rotatable bonds is 7. The van der Waals surface area contributed by atoms with Crippen molar-refractivity contribution in [2.24, 2.45) is 0 Å². The van der Waals surface area contributed by atoms with Gasteiger partial charge in [-0.3, -0.25) is 4.79 Å². The minimum Gasteiger partial charge on any atom is -0.459 e. The maximum absolute atomic E-state index is 11.8. The summed E-state index contributed by atoms with van der Waals surface area (Å²) in [7, 11) is 0. The van der Waals surface area contributed by atoms with Crippen LogP contribution in [0, 0.1) is 13.8 Å². The van der Waals surface area contributed by atoms with Crippen LogP contribution in [0.3, 0.4) is 0 Å². The summed E-state index contributed by atoms with van der Waals surface area (Å²) in [6, 6.07) is 9.72. The third kappa shape index (κ3) is 4.73.